The molecule has 1 aromatic heterocycles. The largest absolute Gasteiger partial charge is 0.490 e. The maximum atomic E-state index is 13.8. The Labute approximate surface area is 201 Å². The molecule has 178 valence electrons. The number of carbonyl (C=O) groups is 1. The van der Waals surface area contributed by atoms with Crippen LogP contribution in [-0.4, -0.2) is 33.3 Å². The average Bonchev–Trinajstić information content (AvgIpc) is 2.78. The van der Waals surface area contributed by atoms with Crippen molar-refractivity contribution in [1.82, 2.24) is 15.3 Å². The molecular formula is C25H25ClFN3O4. The van der Waals surface area contributed by atoms with Crippen LogP contribution in [-0.2, 0) is 12.0 Å². The fourth-order valence-electron chi connectivity index (χ4n) is 3.86. The molecule has 1 aliphatic carbocycles. The lowest BCUT2D eigenvalue weighted by Gasteiger charge is -2.35. The van der Waals surface area contributed by atoms with Crippen LogP contribution in [0.5, 0.6) is 11.5 Å². The van der Waals surface area contributed by atoms with Gasteiger partial charge in [0.15, 0.2) is 5.82 Å². The van der Waals surface area contributed by atoms with Gasteiger partial charge in [0.05, 0.1) is 6.20 Å². The molecule has 0 bridgehead atoms. The fourth-order valence-corrected chi connectivity index (χ4v) is 4.01. The Balaban J connectivity index is 1.35. The van der Waals surface area contributed by atoms with Gasteiger partial charge in [0.2, 0.25) is 5.28 Å². The number of carboxylic acid groups (broad SMARTS) is 1. The highest BCUT2D eigenvalue weighted by Gasteiger charge is 2.32. The summed E-state index contributed by atoms with van der Waals surface area (Å²) in [7, 11) is 0. The van der Waals surface area contributed by atoms with Crippen molar-refractivity contribution in [3.8, 4) is 11.5 Å². The number of nitrogens with one attached hydrogen (secondary N) is 1. The molecule has 9 heteroatoms. The van der Waals surface area contributed by atoms with Crippen LogP contribution < -0.4 is 14.8 Å². The number of ether oxygens (including phenoxy) is 2. The maximum absolute atomic E-state index is 13.8. The normalized spacial score (nSPS) is 17.5. The predicted molar refractivity (Wildman–Crippen MR) is 125 cm³/mol. The Morgan fingerprint density at radius 3 is 2.29 bits per heavy atom. The molecule has 4 rings (SSSR count). The fraction of sp³-hybridized carbons (Fsp3) is 0.320. The van der Waals surface area contributed by atoms with Crippen molar-refractivity contribution in [2.24, 2.45) is 0 Å². The Hall–Kier alpha value is -3.39. The molecule has 1 saturated carbocycles. The first-order chi connectivity index (χ1) is 16.2. The Bertz CT molecular complexity index is 1150. The van der Waals surface area contributed by atoms with Gasteiger partial charge in [-0.15, -0.1) is 0 Å². The van der Waals surface area contributed by atoms with Crippen LogP contribution in [0.4, 0.5) is 9.18 Å². The van der Waals surface area contributed by atoms with E-state index in [9.17, 15) is 9.18 Å². The second-order valence-corrected chi connectivity index (χ2v) is 9.09. The summed E-state index contributed by atoms with van der Waals surface area (Å²) in [5.74, 6) is 0.788. The minimum Gasteiger partial charge on any atom is -0.490 e. The van der Waals surface area contributed by atoms with Crippen LogP contribution >= 0.6 is 11.6 Å². The van der Waals surface area contributed by atoms with Crippen LogP contribution in [0, 0.1) is 5.82 Å². The van der Waals surface area contributed by atoms with Crippen LogP contribution in [0.15, 0.2) is 54.7 Å². The zero-order chi connectivity index (χ0) is 24.3. The standard InChI is InChI=1S/C25H25ClFN3O4/c1-25(2,16-5-9-19(10-6-16)34-20-11-17(12-20)29-24(31)32)15-3-7-18(8-4-15)33-14-22-21(27)13-28-23(26)30-22/h3-10,13,17,20,29H,11-12,14H2,1-2H3,(H,31,32)/t17-,20+. The number of amides is 1. The van der Waals surface area contributed by atoms with E-state index in [1.807, 2.05) is 48.5 Å². The molecule has 1 aliphatic rings. The number of aromatic nitrogens is 2. The van der Waals surface area contributed by atoms with Gasteiger partial charge in [0, 0.05) is 24.3 Å². The first-order valence-corrected chi connectivity index (χ1v) is 11.3. The van der Waals surface area contributed by atoms with Gasteiger partial charge < -0.3 is 19.9 Å². The Morgan fingerprint density at radius 2 is 1.71 bits per heavy atom. The molecule has 0 unspecified atom stereocenters. The van der Waals surface area contributed by atoms with Gasteiger partial charge in [0.1, 0.15) is 29.9 Å². The zero-order valence-corrected chi connectivity index (χ0v) is 19.6. The minimum absolute atomic E-state index is 0.0232. The van der Waals surface area contributed by atoms with E-state index in [2.05, 4.69) is 29.1 Å². The lowest BCUT2D eigenvalue weighted by Crippen LogP contribution is -2.48. The summed E-state index contributed by atoms with van der Waals surface area (Å²) in [5.41, 5.74) is 2.04. The summed E-state index contributed by atoms with van der Waals surface area (Å²) >= 11 is 5.72. The van der Waals surface area contributed by atoms with Crippen molar-refractivity contribution >= 4 is 17.7 Å². The number of hydrogen-bond donors (Lipinski definition) is 2. The summed E-state index contributed by atoms with van der Waals surface area (Å²) in [6.45, 7) is 4.21. The van der Waals surface area contributed by atoms with Gasteiger partial charge in [-0.1, -0.05) is 38.1 Å². The van der Waals surface area contributed by atoms with E-state index in [1.165, 1.54) is 0 Å². The first-order valence-electron chi connectivity index (χ1n) is 10.9. The molecule has 1 fully saturated rings. The quantitative estimate of drug-likeness (QED) is 0.418. The zero-order valence-electron chi connectivity index (χ0n) is 18.8. The van der Waals surface area contributed by atoms with E-state index in [4.69, 9.17) is 26.2 Å². The highest BCUT2D eigenvalue weighted by atomic mass is 35.5. The molecule has 0 radical (unpaired) electrons. The third-order valence-corrected chi connectivity index (χ3v) is 6.22. The van der Waals surface area contributed by atoms with E-state index >= 15 is 0 Å². The summed E-state index contributed by atoms with van der Waals surface area (Å²) in [4.78, 5) is 18.1. The molecule has 0 saturated heterocycles. The second kappa shape index (κ2) is 9.85. The van der Waals surface area contributed by atoms with Crippen molar-refractivity contribution in [2.45, 2.75) is 50.9 Å². The van der Waals surface area contributed by atoms with Crippen molar-refractivity contribution in [1.29, 1.82) is 0 Å². The van der Waals surface area contributed by atoms with Gasteiger partial charge in [-0.2, -0.15) is 0 Å². The Morgan fingerprint density at radius 1 is 1.12 bits per heavy atom. The molecular weight excluding hydrogens is 461 g/mol. The minimum atomic E-state index is -1.00. The van der Waals surface area contributed by atoms with Crippen LogP contribution in [0.3, 0.4) is 0 Å². The molecule has 1 amide bonds. The average molecular weight is 486 g/mol. The smallest absolute Gasteiger partial charge is 0.404 e. The van der Waals surface area contributed by atoms with Gasteiger partial charge in [-0.25, -0.2) is 19.2 Å². The topological polar surface area (TPSA) is 93.6 Å². The molecule has 0 aliphatic heterocycles. The predicted octanol–water partition coefficient (Wildman–Crippen LogP) is 5.35. The summed E-state index contributed by atoms with van der Waals surface area (Å²) in [6.07, 6.45) is 1.39. The van der Waals surface area contributed by atoms with Gasteiger partial charge in [-0.3, -0.25) is 0 Å². The van der Waals surface area contributed by atoms with E-state index in [0.717, 1.165) is 23.1 Å². The van der Waals surface area contributed by atoms with Crippen molar-refractivity contribution < 1.29 is 23.8 Å². The van der Waals surface area contributed by atoms with Crippen molar-refractivity contribution in [3.05, 3.63) is 82.6 Å². The number of rotatable bonds is 8. The molecule has 2 aromatic carbocycles. The molecule has 3 aromatic rings. The van der Waals surface area contributed by atoms with Crippen LogP contribution in [0.25, 0.3) is 0 Å². The third kappa shape index (κ3) is 5.56. The third-order valence-electron chi connectivity index (χ3n) is 6.04. The van der Waals surface area contributed by atoms with E-state index in [1.54, 1.807) is 0 Å². The lowest BCUT2D eigenvalue weighted by molar-refractivity contribution is 0.0833. The lowest BCUT2D eigenvalue weighted by atomic mass is 9.78. The number of benzene rings is 2. The summed E-state index contributed by atoms with van der Waals surface area (Å²) in [5, 5.41) is 11.2. The number of hydrogen-bond acceptors (Lipinski definition) is 5. The van der Waals surface area contributed by atoms with Gasteiger partial charge in [0.25, 0.3) is 0 Å². The molecule has 2 N–H and O–H groups in total. The van der Waals surface area contributed by atoms with E-state index in [0.29, 0.717) is 18.6 Å². The van der Waals surface area contributed by atoms with Crippen LogP contribution in [0.1, 0.15) is 43.5 Å². The summed E-state index contributed by atoms with van der Waals surface area (Å²) < 4.78 is 25.4. The maximum Gasteiger partial charge on any atom is 0.404 e. The SMILES string of the molecule is CC(C)(c1ccc(OCc2nc(Cl)ncc2F)cc1)c1ccc(O[C@H]2C[C@@H](NC(=O)O)C2)cc1. The highest BCUT2D eigenvalue weighted by molar-refractivity contribution is 6.28. The van der Waals surface area contributed by atoms with Gasteiger partial charge >= 0.3 is 6.09 Å². The monoisotopic (exact) mass is 485 g/mol. The summed E-state index contributed by atoms with van der Waals surface area (Å²) in [6, 6.07) is 15.5. The second-order valence-electron chi connectivity index (χ2n) is 8.75. The van der Waals surface area contributed by atoms with Gasteiger partial charge in [-0.05, 0) is 47.0 Å². The van der Waals surface area contributed by atoms with Crippen LogP contribution in [0.2, 0.25) is 5.28 Å². The number of halogens is 2. The molecule has 7 nitrogen and oxygen atoms in total. The van der Waals surface area contributed by atoms with Crippen molar-refractivity contribution in [2.75, 3.05) is 0 Å². The number of nitrogens with zero attached hydrogens (tertiary/aromatic N) is 2. The first kappa shape index (κ1) is 23.8. The Kier molecular flexibility index (Phi) is 6.88. The highest BCUT2D eigenvalue weighted by Crippen LogP contribution is 2.34. The molecule has 0 spiro atoms. The van der Waals surface area contributed by atoms with E-state index < -0.39 is 11.9 Å². The molecule has 34 heavy (non-hydrogen) atoms. The van der Waals surface area contributed by atoms with E-state index in [-0.39, 0.29) is 35.1 Å². The van der Waals surface area contributed by atoms with Crippen molar-refractivity contribution in [3.63, 3.8) is 0 Å². The molecule has 1 heterocycles. The molecule has 0 atom stereocenters.